The standard InChI is InChI=1S/C15H11N5/c1-10-8-12(9-16)19-15(18-10)20-13-6-2-4-11-5-3-7-17-14(11)13/h2-8H,1H3,(H,18,19,20). The van der Waals surface area contributed by atoms with E-state index in [-0.39, 0.29) is 0 Å². The highest BCUT2D eigenvalue weighted by molar-refractivity contribution is 5.91. The minimum atomic E-state index is 0.341. The van der Waals surface area contributed by atoms with Crippen LogP contribution in [-0.2, 0) is 0 Å². The Morgan fingerprint density at radius 1 is 1.15 bits per heavy atom. The molecule has 0 amide bonds. The summed E-state index contributed by atoms with van der Waals surface area (Å²) < 4.78 is 0. The Morgan fingerprint density at radius 2 is 2.00 bits per heavy atom. The quantitative estimate of drug-likeness (QED) is 0.767. The third-order valence-electron chi connectivity index (χ3n) is 2.85. The first kappa shape index (κ1) is 12.1. The maximum Gasteiger partial charge on any atom is 0.228 e. The molecule has 0 saturated carbocycles. The van der Waals surface area contributed by atoms with Gasteiger partial charge in [-0.25, -0.2) is 9.97 Å². The van der Waals surface area contributed by atoms with E-state index in [2.05, 4.69) is 20.3 Å². The van der Waals surface area contributed by atoms with E-state index in [0.29, 0.717) is 11.6 Å². The van der Waals surface area contributed by atoms with E-state index >= 15 is 0 Å². The number of anilines is 2. The normalized spacial score (nSPS) is 10.2. The van der Waals surface area contributed by atoms with Crippen LogP contribution in [-0.4, -0.2) is 15.0 Å². The Kier molecular flexibility index (Phi) is 2.98. The molecule has 0 radical (unpaired) electrons. The summed E-state index contributed by atoms with van der Waals surface area (Å²) in [6.45, 7) is 1.83. The maximum absolute atomic E-state index is 8.94. The fourth-order valence-corrected chi connectivity index (χ4v) is 2.01. The van der Waals surface area contributed by atoms with Gasteiger partial charge in [-0.3, -0.25) is 4.98 Å². The number of nitriles is 1. The molecule has 20 heavy (non-hydrogen) atoms. The third kappa shape index (κ3) is 2.27. The van der Waals surface area contributed by atoms with Crippen LogP contribution in [0.1, 0.15) is 11.4 Å². The lowest BCUT2D eigenvalue weighted by Crippen LogP contribution is -2.01. The summed E-state index contributed by atoms with van der Waals surface area (Å²) in [7, 11) is 0. The number of nitrogens with zero attached hydrogens (tertiary/aromatic N) is 4. The molecule has 0 aliphatic heterocycles. The van der Waals surface area contributed by atoms with Crippen molar-refractivity contribution in [1.29, 1.82) is 5.26 Å². The zero-order chi connectivity index (χ0) is 13.9. The molecule has 0 aliphatic carbocycles. The molecule has 3 rings (SSSR count). The van der Waals surface area contributed by atoms with Gasteiger partial charge in [-0.15, -0.1) is 0 Å². The number of fused-ring (bicyclic) bond motifs is 1. The first-order valence-corrected chi connectivity index (χ1v) is 6.13. The molecule has 1 N–H and O–H groups in total. The zero-order valence-corrected chi connectivity index (χ0v) is 10.8. The number of nitrogens with one attached hydrogen (secondary N) is 1. The van der Waals surface area contributed by atoms with Gasteiger partial charge in [0, 0.05) is 17.3 Å². The number of para-hydroxylation sites is 1. The topological polar surface area (TPSA) is 74.5 Å². The van der Waals surface area contributed by atoms with Crippen molar-refractivity contribution in [3.05, 3.63) is 54.0 Å². The van der Waals surface area contributed by atoms with Crippen LogP contribution in [0.5, 0.6) is 0 Å². The van der Waals surface area contributed by atoms with E-state index in [9.17, 15) is 0 Å². The van der Waals surface area contributed by atoms with Crippen molar-refractivity contribution in [3.8, 4) is 6.07 Å². The molecule has 0 unspecified atom stereocenters. The average molecular weight is 261 g/mol. The van der Waals surface area contributed by atoms with E-state index < -0.39 is 0 Å². The van der Waals surface area contributed by atoms with E-state index in [4.69, 9.17) is 5.26 Å². The van der Waals surface area contributed by atoms with Crippen LogP contribution in [0.15, 0.2) is 42.6 Å². The summed E-state index contributed by atoms with van der Waals surface area (Å²) in [6, 6.07) is 13.4. The van der Waals surface area contributed by atoms with E-state index in [1.54, 1.807) is 12.3 Å². The Morgan fingerprint density at radius 3 is 2.85 bits per heavy atom. The smallest absolute Gasteiger partial charge is 0.228 e. The molecule has 5 heteroatoms. The summed E-state index contributed by atoms with van der Waals surface area (Å²) in [6.07, 6.45) is 1.74. The van der Waals surface area contributed by atoms with Crippen molar-refractivity contribution in [2.24, 2.45) is 0 Å². The van der Waals surface area contributed by atoms with Gasteiger partial charge in [-0.05, 0) is 25.1 Å². The summed E-state index contributed by atoms with van der Waals surface area (Å²) in [5.74, 6) is 0.403. The minimum absolute atomic E-state index is 0.341. The molecular formula is C15H11N5. The zero-order valence-electron chi connectivity index (χ0n) is 10.8. The monoisotopic (exact) mass is 261 g/mol. The van der Waals surface area contributed by atoms with Crippen LogP contribution in [0.2, 0.25) is 0 Å². The lowest BCUT2D eigenvalue weighted by molar-refractivity contribution is 1.09. The molecule has 0 bridgehead atoms. The number of rotatable bonds is 2. The van der Waals surface area contributed by atoms with Gasteiger partial charge >= 0.3 is 0 Å². The summed E-state index contributed by atoms with van der Waals surface area (Å²) in [5.41, 5.74) is 2.75. The van der Waals surface area contributed by atoms with Gasteiger partial charge in [0.25, 0.3) is 0 Å². The van der Waals surface area contributed by atoms with Crippen LogP contribution in [0.25, 0.3) is 10.9 Å². The van der Waals surface area contributed by atoms with Crippen molar-refractivity contribution < 1.29 is 0 Å². The minimum Gasteiger partial charge on any atom is -0.322 e. The molecule has 0 saturated heterocycles. The highest BCUT2D eigenvalue weighted by atomic mass is 15.1. The molecule has 0 fully saturated rings. The highest BCUT2D eigenvalue weighted by Crippen LogP contribution is 2.23. The van der Waals surface area contributed by atoms with Crippen LogP contribution in [0.4, 0.5) is 11.6 Å². The van der Waals surface area contributed by atoms with Crippen LogP contribution in [0, 0.1) is 18.3 Å². The van der Waals surface area contributed by atoms with Crippen LogP contribution >= 0.6 is 0 Å². The fraction of sp³-hybridized carbons (Fsp3) is 0.0667. The summed E-state index contributed by atoms with van der Waals surface area (Å²) in [4.78, 5) is 12.8. The van der Waals surface area contributed by atoms with Crippen molar-refractivity contribution in [2.75, 3.05) is 5.32 Å². The number of aromatic nitrogens is 3. The Labute approximate surface area is 116 Å². The van der Waals surface area contributed by atoms with Gasteiger partial charge < -0.3 is 5.32 Å². The molecule has 0 atom stereocenters. The SMILES string of the molecule is Cc1cc(C#N)nc(Nc2cccc3cccnc23)n1. The first-order chi connectivity index (χ1) is 9.76. The van der Waals surface area contributed by atoms with E-state index in [1.165, 1.54) is 0 Å². The van der Waals surface area contributed by atoms with Crippen molar-refractivity contribution in [1.82, 2.24) is 15.0 Å². The molecule has 0 aliphatic rings. The van der Waals surface area contributed by atoms with Gasteiger partial charge in [0.15, 0.2) is 0 Å². The first-order valence-electron chi connectivity index (χ1n) is 6.13. The molecule has 1 aromatic carbocycles. The predicted molar refractivity (Wildman–Crippen MR) is 76.5 cm³/mol. The number of hydrogen-bond acceptors (Lipinski definition) is 5. The largest absolute Gasteiger partial charge is 0.322 e. The number of pyridine rings is 1. The van der Waals surface area contributed by atoms with Crippen molar-refractivity contribution >= 4 is 22.5 Å². The molecule has 3 aromatic rings. The lowest BCUT2D eigenvalue weighted by atomic mass is 10.2. The van der Waals surface area contributed by atoms with Crippen LogP contribution < -0.4 is 5.32 Å². The molecule has 5 nitrogen and oxygen atoms in total. The van der Waals surface area contributed by atoms with Gasteiger partial charge in [0.2, 0.25) is 5.95 Å². The summed E-state index contributed by atoms with van der Waals surface area (Å²) >= 11 is 0. The highest BCUT2D eigenvalue weighted by Gasteiger charge is 2.05. The van der Waals surface area contributed by atoms with E-state index in [0.717, 1.165) is 22.3 Å². The number of hydrogen-bond donors (Lipinski definition) is 1. The Hall–Kier alpha value is -3.00. The van der Waals surface area contributed by atoms with Gasteiger partial charge in [-0.2, -0.15) is 5.26 Å². The second kappa shape index (κ2) is 4.94. The fourth-order valence-electron chi connectivity index (χ4n) is 2.01. The van der Waals surface area contributed by atoms with Gasteiger partial charge in [-0.1, -0.05) is 18.2 Å². The van der Waals surface area contributed by atoms with Crippen molar-refractivity contribution in [3.63, 3.8) is 0 Å². The molecule has 0 spiro atoms. The molecule has 2 heterocycles. The van der Waals surface area contributed by atoms with Gasteiger partial charge in [0.1, 0.15) is 11.8 Å². The van der Waals surface area contributed by atoms with Crippen molar-refractivity contribution in [2.45, 2.75) is 6.92 Å². The van der Waals surface area contributed by atoms with Crippen LogP contribution in [0.3, 0.4) is 0 Å². The average Bonchev–Trinajstić information content (AvgIpc) is 2.47. The Bertz CT molecular complexity index is 815. The molecule has 96 valence electrons. The van der Waals surface area contributed by atoms with E-state index in [1.807, 2.05) is 43.3 Å². The lowest BCUT2D eigenvalue weighted by Gasteiger charge is -2.08. The Balaban J connectivity index is 2.06. The third-order valence-corrected chi connectivity index (χ3v) is 2.85. The predicted octanol–water partition coefficient (Wildman–Crippen LogP) is 2.95. The second-order valence-electron chi connectivity index (χ2n) is 4.34. The maximum atomic E-state index is 8.94. The van der Waals surface area contributed by atoms with Gasteiger partial charge in [0.05, 0.1) is 11.2 Å². The molecular weight excluding hydrogens is 250 g/mol. The molecule has 2 aromatic heterocycles. The summed E-state index contributed by atoms with van der Waals surface area (Å²) in [5, 5.41) is 13.1. The number of aryl methyl sites for hydroxylation is 1. The number of benzene rings is 1. The second-order valence-corrected chi connectivity index (χ2v) is 4.34.